The van der Waals surface area contributed by atoms with E-state index >= 15 is 0 Å². The molecular formula is C23H41N3O. The Balaban J connectivity index is 0.00000102. The predicted octanol–water partition coefficient (Wildman–Crippen LogP) is 5.38. The molecule has 3 fully saturated rings. The van der Waals surface area contributed by atoms with Crippen molar-refractivity contribution < 1.29 is 4.74 Å². The van der Waals surface area contributed by atoms with Crippen LogP contribution < -0.4 is 5.32 Å². The van der Waals surface area contributed by atoms with Crippen molar-refractivity contribution in [1.82, 2.24) is 15.3 Å². The number of imidazole rings is 1. The molecule has 0 aromatic carbocycles. The molecule has 1 aromatic heterocycles. The van der Waals surface area contributed by atoms with Crippen LogP contribution in [0, 0.1) is 11.8 Å². The van der Waals surface area contributed by atoms with Gasteiger partial charge in [-0.15, -0.1) is 0 Å². The fourth-order valence-electron chi connectivity index (χ4n) is 5.30. The summed E-state index contributed by atoms with van der Waals surface area (Å²) in [4.78, 5) is 8.44. The minimum absolute atomic E-state index is 0.524. The third kappa shape index (κ3) is 5.57. The van der Waals surface area contributed by atoms with E-state index in [-0.39, 0.29) is 0 Å². The van der Waals surface area contributed by atoms with Crippen LogP contribution in [0.4, 0.5) is 0 Å². The van der Waals surface area contributed by atoms with E-state index in [0.29, 0.717) is 17.9 Å². The van der Waals surface area contributed by atoms with Gasteiger partial charge in [0.2, 0.25) is 0 Å². The zero-order chi connectivity index (χ0) is 19.1. The zero-order valence-corrected chi connectivity index (χ0v) is 17.8. The Labute approximate surface area is 166 Å². The lowest BCUT2D eigenvalue weighted by atomic mass is 9.75. The SMILES string of the molecule is CC.C[C@@H](CC1CCCCN1)c1ncc(C2CCC(C3CCOC3)CC2)[nH]1. The van der Waals surface area contributed by atoms with E-state index in [1.165, 1.54) is 75.9 Å². The van der Waals surface area contributed by atoms with E-state index in [2.05, 4.69) is 23.4 Å². The van der Waals surface area contributed by atoms with Crippen LogP contribution in [0.2, 0.25) is 0 Å². The molecule has 2 unspecified atom stereocenters. The van der Waals surface area contributed by atoms with Crippen molar-refractivity contribution in [2.75, 3.05) is 19.8 Å². The van der Waals surface area contributed by atoms with Crippen LogP contribution in [0.15, 0.2) is 6.20 Å². The number of nitrogens with one attached hydrogen (secondary N) is 2. The molecule has 2 N–H and O–H groups in total. The number of aromatic amines is 1. The topological polar surface area (TPSA) is 49.9 Å². The van der Waals surface area contributed by atoms with E-state index in [0.717, 1.165) is 25.0 Å². The zero-order valence-electron chi connectivity index (χ0n) is 17.8. The first-order valence-corrected chi connectivity index (χ1v) is 11.7. The quantitative estimate of drug-likeness (QED) is 0.726. The molecule has 4 heteroatoms. The van der Waals surface area contributed by atoms with Crippen LogP contribution in [-0.2, 0) is 4.74 Å². The van der Waals surface area contributed by atoms with Gasteiger partial charge in [0, 0.05) is 43.0 Å². The minimum atomic E-state index is 0.524. The smallest absolute Gasteiger partial charge is 0.109 e. The second kappa shape index (κ2) is 10.6. The summed E-state index contributed by atoms with van der Waals surface area (Å²) in [6.45, 7) is 9.52. The highest BCUT2D eigenvalue weighted by Crippen LogP contribution is 2.40. The van der Waals surface area contributed by atoms with Gasteiger partial charge < -0.3 is 15.0 Å². The van der Waals surface area contributed by atoms with Gasteiger partial charge in [0.25, 0.3) is 0 Å². The lowest BCUT2D eigenvalue weighted by Gasteiger charge is -2.31. The molecule has 4 nitrogen and oxygen atoms in total. The average molecular weight is 376 g/mol. The predicted molar refractivity (Wildman–Crippen MR) is 112 cm³/mol. The van der Waals surface area contributed by atoms with E-state index in [1.54, 1.807) is 0 Å². The fraction of sp³-hybridized carbons (Fsp3) is 0.870. The number of H-pyrrole nitrogens is 1. The maximum atomic E-state index is 5.59. The highest BCUT2D eigenvalue weighted by atomic mass is 16.5. The van der Waals surface area contributed by atoms with Gasteiger partial charge in [-0.05, 0) is 69.7 Å². The summed E-state index contributed by atoms with van der Waals surface area (Å²) in [7, 11) is 0. The summed E-state index contributed by atoms with van der Waals surface area (Å²) in [6, 6.07) is 0.682. The number of hydrogen-bond donors (Lipinski definition) is 2. The number of aromatic nitrogens is 2. The fourth-order valence-corrected chi connectivity index (χ4v) is 5.30. The molecule has 0 radical (unpaired) electrons. The Morgan fingerprint density at radius 1 is 1.07 bits per heavy atom. The molecule has 0 amide bonds. The first-order chi connectivity index (χ1) is 13.3. The molecule has 3 heterocycles. The van der Waals surface area contributed by atoms with E-state index in [9.17, 15) is 0 Å². The van der Waals surface area contributed by atoms with Gasteiger partial charge in [0.1, 0.15) is 5.82 Å². The van der Waals surface area contributed by atoms with Crippen molar-refractivity contribution in [3.63, 3.8) is 0 Å². The normalized spacial score (nSPS) is 32.6. The van der Waals surface area contributed by atoms with Crippen LogP contribution in [0.3, 0.4) is 0 Å². The standard InChI is InChI=1S/C21H35N3O.C2H6/c1-15(12-19-4-2-3-10-22-19)21-23-13-20(24-21)17-7-5-16(6-8-17)18-9-11-25-14-18;1-2/h13,15-19,22H,2-12,14H2,1H3,(H,23,24);1-2H3/t15-,16?,17?,18?,19?;/m0./s1. The number of piperidine rings is 1. The van der Waals surface area contributed by atoms with Crippen LogP contribution in [-0.4, -0.2) is 35.8 Å². The van der Waals surface area contributed by atoms with Gasteiger partial charge in [-0.25, -0.2) is 4.98 Å². The third-order valence-electron chi connectivity index (χ3n) is 6.98. The molecule has 1 saturated carbocycles. The minimum Gasteiger partial charge on any atom is -0.381 e. The van der Waals surface area contributed by atoms with Gasteiger partial charge in [-0.1, -0.05) is 27.2 Å². The van der Waals surface area contributed by atoms with Crippen LogP contribution in [0.25, 0.3) is 0 Å². The van der Waals surface area contributed by atoms with Crippen LogP contribution >= 0.6 is 0 Å². The molecule has 1 aromatic rings. The summed E-state index contributed by atoms with van der Waals surface area (Å²) < 4.78 is 5.59. The Hall–Kier alpha value is -0.870. The number of ether oxygens (including phenoxy) is 1. The Morgan fingerprint density at radius 3 is 2.56 bits per heavy atom. The van der Waals surface area contributed by atoms with Crippen molar-refractivity contribution in [1.29, 1.82) is 0 Å². The molecular weight excluding hydrogens is 334 g/mol. The van der Waals surface area contributed by atoms with Gasteiger partial charge in [-0.2, -0.15) is 0 Å². The lowest BCUT2D eigenvalue weighted by Crippen LogP contribution is -2.35. The second-order valence-electron chi connectivity index (χ2n) is 8.74. The summed E-state index contributed by atoms with van der Waals surface area (Å²) >= 11 is 0. The van der Waals surface area contributed by atoms with Crippen LogP contribution in [0.1, 0.15) is 102 Å². The molecule has 2 aliphatic heterocycles. The highest BCUT2D eigenvalue weighted by molar-refractivity contribution is 5.11. The van der Waals surface area contributed by atoms with E-state index in [1.807, 2.05) is 13.8 Å². The molecule has 0 bridgehead atoms. The average Bonchev–Trinajstić information content (AvgIpc) is 3.43. The molecule has 4 rings (SSSR count). The number of hydrogen-bond acceptors (Lipinski definition) is 3. The third-order valence-corrected chi connectivity index (χ3v) is 6.98. The van der Waals surface area contributed by atoms with E-state index < -0.39 is 0 Å². The van der Waals surface area contributed by atoms with Gasteiger partial charge in [0.15, 0.2) is 0 Å². The number of nitrogens with zero attached hydrogens (tertiary/aromatic N) is 1. The maximum Gasteiger partial charge on any atom is 0.109 e. The van der Waals surface area contributed by atoms with Crippen molar-refractivity contribution >= 4 is 0 Å². The summed E-state index contributed by atoms with van der Waals surface area (Å²) in [5.41, 5.74) is 1.39. The molecule has 3 atom stereocenters. The Morgan fingerprint density at radius 2 is 1.89 bits per heavy atom. The number of rotatable bonds is 5. The molecule has 2 saturated heterocycles. The summed E-state index contributed by atoms with van der Waals surface area (Å²) in [5.74, 6) is 4.16. The highest BCUT2D eigenvalue weighted by Gasteiger charge is 2.31. The van der Waals surface area contributed by atoms with Gasteiger partial charge in [-0.3, -0.25) is 0 Å². The maximum absolute atomic E-state index is 5.59. The van der Waals surface area contributed by atoms with Gasteiger partial charge in [0.05, 0.1) is 0 Å². The Bertz CT molecular complexity index is 523. The monoisotopic (exact) mass is 375 g/mol. The lowest BCUT2D eigenvalue weighted by molar-refractivity contribution is 0.156. The van der Waals surface area contributed by atoms with Crippen molar-refractivity contribution in [3.05, 3.63) is 17.7 Å². The van der Waals surface area contributed by atoms with Crippen LogP contribution in [0.5, 0.6) is 0 Å². The van der Waals surface area contributed by atoms with Gasteiger partial charge >= 0.3 is 0 Å². The van der Waals surface area contributed by atoms with E-state index in [4.69, 9.17) is 9.72 Å². The molecule has 3 aliphatic rings. The largest absolute Gasteiger partial charge is 0.381 e. The summed E-state index contributed by atoms with van der Waals surface area (Å²) in [6.07, 6.45) is 14.1. The molecule has 154 valence electrons. The molecule has 1 aliphatic carbocycles. The Kier molecular flexibility index (Phi) is 8.20. The van der Waals surface area contributed by atoms with Crippen molar-refractivity contribution in [2.45, 2.75) is 96.4 Å². The first kappa shape index (κ1) is 20.9. The first-order valence-electron chi connectivity index (χ1n) is 11.7. The second-order valence-corrected chi connectivity index (χ2v) is 8.74. The molecule has 0 spiro atoms. The summed E-state index contributed by atoms with van der Waals surface area (Å²) in [5, 5.41) is 3.67. The van der Waals surface area contributed by atoms with Crippen molar-refractivity contribution in [3.8, 4) is 0 Å². The van der Waals surface area contributed by atoms with Crippen molar-refractivity contribution in [2.24, 2.45) is 11.8 Å². The molecule has 27 heavy (non-hydrogen) atoms.